The van der Waals surface area contributed by atoms with E-state index in [9.17, 15) is 0 Å². The second-order valence-electron chi connectivity index (χ2n) is 13.7. The smallest absolute Gasteiger partial charge is 0.117 e. The first kappa shape index (κ1) is 28.3. The zero-order chi connectivity index (χ0) is 22.3. The van der Waals surface area contributed by atoms with Gasteiger partial charge in [-0.15, -0.1) is 0 Å². The van der Waals surface area contributed by atoms with E-state index in [1.54, 1.807) is 0 Å². The Morgan fingerprint density at radius 3 is 0.815 bits per heavy atom. The summed E-state index contributed by atoms with van der Waals surface area (Å²) in [6.07, 6.45) is 0. The van der Waals surface area contributed by atoms with Crippen LogP contribution in [0, 0.1) is 0 Å². The van der Waals surface area contributed by atoms with Crippen LogP contribution in [0.25, 0.3) is 0 Å². The molecule has 0 rings (SSSR count). The van der Waals surface area contributed by atoms with Crippen molar-refractivity contribution in [2.45, 2.75) is 130 Å². The first-order valence-corrected chi connectivity index (χ1v) is 20.2. The standard InChI is InChI=1S/C22H53NP2Si2/c1-19(2,3)24(20(4,5)6)17-26(13,14)23-27(15,16)18-25(21(7,8)9)22(10,11)12/h23H,17-18H2,1-16H3. The Morgan fingerprint density at radius 2 is 0.667 bits per heavy atom. The van der Waals surface area contributed by atoms with Gasteiger partial charge in [-0.2, -0.15) is 0 Å². The lowest BCUT2D eigenvalue weighted by Gasteiger charge is -2.49. The molecule has 27 heavy (non-hydrogen) atoms. The molecule has 0 atom stereocenters. The summed E-state index contributed by atoms with van der Waals surface area (Å²) in [5.74, 6) is 2.88. The van der Waals surface area contributed by atoms with Crippen molar-refractivity contribution in [3.8, 4) is 0 Å². The van der Waals surface area contributed by atoms with E-state index in [4.69, 9.17) is 0 Å². The van der Waals surface area contributed by atoms with Crippen LogP contribution in [-0.2, 0) is 0 Å². The average Bonchev–Trinajstić information content (AvgIpc) is 2.26. The monoisotopic (exact) mass is 449 g/mol. The Bertz CT molecular complexity index is 403. The zero-order valence-electron chi connectivity index (χ0n) is 21.8. The number of hydrogen-bond acceptors (Lipinski definition) is 1. The van der Waals surface area contributed by atoms with Gasteiger partial charge in [0.05, 0.1) is 0 Å². The molecule has 5 heteroatoms. The van der Waals surface area contributed by atoms with Gasteiger partial charge in [-0.3, -0.25) is 0 Å². The van der Waals surface area contributed by atoms with E-state index in [-0.39, 0.29) is 15.8 Å². The van der Waals surface area contributed by atoms with Crippen LogP contribution in [0.3, 0.4) is 0 Å². The van der Waals surface area contributed by atoms with Crippen molar-refractivity contribution in [2.24, 2.45) is 0 Å². The molecule has 0 bridgehead atoms. The molecule has 1 nitrogen and oxygen atoms in total. The van der Waals surface area contributed by atoms with Crippen molar-refractivity contribution >= 4 is 32.3 Å². The molecule has 0 aliphatic rings. The quantitative estimate of drug-likeness (QED) is 0.318. The summed E-state index contributed by atoms with van der Waals surface area (Å²) in [6.45, 7) is 40.0. The van der Waals surface area contributed by atoms with Crippen LogP contribution < -0.4 is 4.65 Å². The maximum Gasteiger partial charge on any atom is 0.117 e. The molecule has 0 saturated heterocycles. The first-order valence-electron chi connectivity index (χ1n) is 10.7. The van der Waals surface area contributed by atoms with Crippen molar-refractivity contribution in [3.05, 3.63) is 0 Å². The predicted octanol–water partition coefficient (Wildman–Crippen LogP) is 8.22. The van der Waals surface area contributed by atoms with Gasteiger partial charge in [0.25, 0.3) is 0 Å². The van der Waals surface area contributed by atoms with Crippen LogP contribution in [-0.4, -0.2) is 48.7 Å². The van der Waals surface area contributed by atoms with E-state index in [1.165, 1.54) is 11.6 Å². The van der Waals surface area contributed by atoms with Crippen LogP contribution in [0.1, 0.15) is 83.1 Å². The minimum absolute atomic E-state index is 0.0225. The van der Waals surface area contributed by atoms with E-state index in [0.29, 0.717) is 20.6 Å². The highest BCUT2D eigenvalue weighted by Crippen LogP contribution is 2.61. The normalized spacial score (nSPS) is 15.8. The number of hydrogen-bond donors (Lipinski definition) is 1. The van der Waals surface area contributed by atoms with Gasteiger partial charge in [0, 0.05) is 0 Å². The minimum Gasteiger partial charge on any atom is -0.359 e. The maximum absolute atomic E-state index is 4.39. The van der Waals surface area contributed by atoms with Crippen molar-refractivity contribution in [2.75, 3.05) is 11.6 Å². The Balaban J connectivity index is 5.51. The molecule has 0 unspecified atom stereocenters. The van der Waals surface area contributed by atoms with E-state index in [2.05, 4.69) is 114 Å². The summed E-state index contributed by atoms with van der Waals surface area (Å²) in [5.41, 5.74) is 0. The fraction of sp³-hybridized carbons (Fsp3) is 1.00. The largest absolute Gasteiger partial charge is 0.359 e. The predicted molar refractivity (Wildman–Crippen MR) is 141 cm³/mol. The lowest BCUT2D eigenvalue weighted by molar-refractivity contribution is 0.708. The van der Waals surface area contributed by atoms with Crippen molar-refractivity contribution in [1.82, 2.24) is 4.65 Å². The second kappa shape index (κ2) is 8.78. The van der Waals surface area contributed by atoms with Crippen LogP contribution in [0.2, 0.25) is 26.2 Å². The third kappa shape index (κ3) is 10.2. The summed E-state index contributed by atoms with van der Waals surface area (Å²) < 4.78 is 4.39. The summed E-state index contributed by atoms with van der Waals surface area (Å²) >= 11 is 0. The van der Waals surface area contributed by atoms with Crippen LogP contribution >= 0.6 is 15.8 Å². The fourth-order valence-corrected chi connectivity index (χ4v) is 32.1. The molecule has 0 radical (unpaired) electrons. The van der Waals surface area contributed by atoms with E-state index in [1.807, 2.05) is 0 Å². The maximum atomic E-state index is 4.39. The van der Waals surface area contributed by atoms with Gasteiger partial charge in [-0.25, -0.2) is 0 Å². The second-order valence-corrected chi connectivity index (χ2v) is 31.9. The molecule has 0 heterocycles. The molecule has 0 aliphatic heterocycles. The summed E-state index contributed by atoms with van der Waals surface area (Å²) in [6, 6.07) is 0. The Labute approximate surface area is 178 Å². The fourth-order valence-electron chi connectivity index (χ4n) is 4.75. The van der Waals surface area contributed by atoms with Crippen LogP contribution in [0.15, 0.2) is 0 Å². The van der Waals surface area contributed by atoms with Crippen molar-refractivity contribution < 1.29 is 0 Å². The average molecular weight is 450 g/mol. The molecule has 0 fully saturated rings. The Hall–Kier alpha value is 1.25. The molecule has 0 aromatic carbocycles. The van der Waals surface area contributed by atoms with E-state index in [0.717, 1.165) is 0 Å². The summed E-state index contributed by atoms with van der Waals surface area (Å²) in [7, 11) is -2.96. The van der Waals surface area contributed by atoms with Gasteiger partial charge in [0.15, 0.2) is 0 Å². The summed E-state index contributed by atoms with van der Waals surface area (Å²) in [4.78, 5) is 0. The molecule has 0 aromatic heterocycles. The highest BCUT2D eigenvalue weighted by molar-refractivity contribution is 7.64. The minimum atomic E-state index is -1.46. The Morgan fingerprint density at radius 1 is 0.481 bits per heavy atom. The van der Waals surface area contributed by atoms with Gasteiger partial charge in [0.1, 0.15) is 16.5 Å². The van der Waals surface area contributed by atoms with Gasteiger partial charge in [0.2, 0.25) is 0 Å². The highest BCUT2D eigenvalue weighted by atomic mass is 31.1. The lowest BCUT2D eigenvalue weighted by Crippen LogP contribution is -2.63. The van der Waals surface area contributed by atoms with Crippen LogP contribution in [0.4, 0.5) is 0 Å². The van der Waals surface area contributed by atoms with Crippen LogP contribution in [0.5, 0.6) is 0 Å². The van der Waals surface area contributed by atoms with Gasteiger partial charge < -0.3 is 4.65 Å². The van der Waals surface area contributed by atoms with E-state index < -0.39 is 16.5 Å². The summed E-state index contributed by atoms with van der Waals surface area (Å²) in [5, 5.41) is 1.70. The molecule has 0 spiro atoms. The third-order valence-corrected chi connectivity index (χ3v) is 25.8. The zero-order valence-corrected chi connectivity index (χ0v) is 25.6. The van der Waals surface area contributed by atoms with Crippen molar-refractivity contribution in [3.63, 3.8) is 0 Å². The molecular formula is C22H53NP2Si2. The molecule has 0 aromatic rings. The molecule has 0 aliphatic carbocycles. The Kier molecular flexibility index (Phi) is 9.19. The SMILES string of the molecule is CC(C)(C)P(C[Si](C)(C)N[Si](C)(C)CP(C(C)(C)C)C(C)(C)C)C(C)(C)C. The third-order valence-electron chi connectivity index (χ3n) is 5.02. The molecular weight excluding hydrogens is 396 g/mol. The molecule has 0 amide bonds. The van der Waals surface area contributed by atoms with E-state index >= 15 is 0 Å². The highest BCUT2D eigenvalue weighted by Gasteiger charge is 2.43. The van der Waals surface area contributed by atoms with Gasteiger partial charge in [-0.1, -0.05) is 125 Å². The molecule has 164 valence electrons. The molecule has 1 N–H and O–H groups in total. The van der Waals surface area contributed by atoms with Gasteiger partial charge in [-0.05, 0) is 32.2 Å². The number of nitrogens with one attached hydrogen (secondary N) is 1. The first-order chi connectivity index (χ1) is 11.4. The topological polar surface area (TPSA) is 12.0 Å². The lowest BCUT2D eigenvalue weighted by atomic mass is 10.2. The number of rotatable bonds is 6. The van der Waals surface area contributed by atoms with Gasteiger partial charge >= 0.3 is 0 Å². The molecule has 0 saturated carbocycles. The van der Waals surface area contributed by atoms with Crippen molar-refractivity contribution in [1.29, 1.82) is 0 Å².